The normalized spacial score (nSPS) is 22.8. The molecule has 2 saturated heterocycles. The maximum Gasteiger partial charge on any atom is 0.321 e. The van der Waals surface area contributed by atoms with E-state index in [0.717, 1.165) is 38.4 Å². The minimum atomic E-state index is 0.0334. The van der Waals surface area contributed by atoms with Gasteiger partial charge in [-0.3, -0.25) is 4.90 Å². The monoisotopic (exact) mass is 335 g/mol. The number of carbonyl (C=O) groups excluding carboxylic acids is 1. The Bertz CT molecular complexity index is 732. The number of para-hydroxylation sites is 1. The number of aryl methyl sites for hydroxylation is 1. The van der Waals surface area contributed by atoms with E-state index in [0.29, 0.717) is 11.8 Å². The van der Waals surface area contributed by atoms with Crippen molar-refractivity contribution in [2.75, 3.05) is 31.5 Å². The molecule has 25 heavy (non-hydrogen) atoms. The zero-order valence-corrected chi connectivity index (χ0v) is 14.7. The van der Waals surface area contributed by atoms with E-state index in [4.69, 9.17) is 0 Å². The van der Waals surface area contributed by atoms with Gasteiger partial charge < -0.3 is 10.2 Å². The van der Waals surface area contributed by atoms with Crippen molar-refractivity contribution in [1.82, 2.24) is 9.80 Å². The van der Waals surface area contributed by atoms with E-state index in [2.05, 4.69) is 41.4 Å². The second-order valence-electron chi connectivity index (χ2n) is 7.34. The molecule has 2 aliphatic rings. The molecule has 0 saturated carbocycles. The fraction of sp³-hybridized carbons (Fsp3) is 0.381. The van der Waals surface area contributed by atoms with Gasteiger partial charge in [0, 0.05) is 38.4 Å². The summed E-state index contributed by atoms with van der Waals surface area (Å²) in [6.45, 7) is 7.13. The highest BCUT2D eigenvalue weighted by atomic mass is 16.2. The molecular formula is C21H25N3O. The van der Waals surface area contributed by atoms with Crippen molar-refractivity contribution >= 4 is 11.7 Å². The first-order valence-electron chi connectivity index (χ1n) is 9.07. The standard InChI is InChI=1S/C21H25N3O/c1-16-7-5-6-8-17(16)11-23-12-18-14-24(15-19(18)13-23)21(25)22-20-9-3-2-4-10-20/h2-10,18-19H,11-15H2,1H3,(H,22,25)/t18-,19-/m0/s1. The van der Waals surface area contributed by atoms with Crippen LogP contribution in [0.15, 0.2) is 54.6 Å². The van der Waals surface area contributed by atoms with E-state index in [1.807, 2.05) is 35.2 Å². The van der Waals surface area contributed by atoms with E-state index in [1.54, 1.807) is 0 Å². The van der Waals surface area contributed by atoms with Gasteiger partial charge in [-0.25, -0.2) is 4.79 Å². The summed E-state index contributed by atoms with van der Waals surface area (Å²) in [7, 11) is 0. The highest BCUT2D eigenvalue weighted by molar-refractivity contribution is 5.89. The van der Waals surface area contributed by atoms with Gasteiger partial charge in [0.25, 0.3) is 0 Å². The molecule has 0 spiro atoms. The van der Waals surface area contributed by atoms with Crippen LogP contribution in [0.4, 0.5) is 10.5 Å². The number of urea groups is 1. The van der Waals surface area contributed by atoms with E-state index in [-0.39, 0.29) is 6.03 Å². The molecule has 4 rings (SSSR count). The Morgan fingerprint density at radius 1 is 0.960 bits per heavy atom. The Morgan fingerprint density at radius 3 is 2.28 bits per heavy atom. The van der Waals surface area contributed by atoms with E-state index < -0.39 is 0 Å². The molecule has 2 atom stereocenters. The van der Waals surface area contributed by atoms with Crippen LogP contribution in [0.2, 0.25) is 0 Å². The highest BCUT2D eigenvalue weighted by Crippen LogP contribution is 2.32. The van der Waals surface area contributed by atoms with E-state index in [9.17, 15) is 4.79 Å². The molecule has 2 fully saturated rings. The molecule has 0 aromatic heterocycles. The third-order valence-electron chi connectivity index (χ3n) is 5.53. The maximum atomic E-state index is 12.5. The lowest BCUT2D eigenvalue weighted by Gasteiger charge is -2.22. The quantitative estimate of drug-likeness (QED) is 0.930. The van der Waals surface area contributed by atoms with Crippen LogP contribution in [-0.2, 0) is 6.54 Å². The number of likely N-dealkylation sites (tertiary alicyclic amines) is 2. The summed E-state index contributed by atoms with van der Waals surface area (Å²) in [6.07, 6.45) is 0. The highest BCUT2D eigenvalue weighted by Gasteiger charge is 2.41. The van der Waals surface area contributed by atoms with E-state index in [1.165, 1.54) is 11.1 Å². The second kappa shape index (κ2) is 6.89. The van der Waals surface area contributed by atoms with Gasteiger partial charge in [0.1, 0.15) is 0 Å². The van der Waals surface area contributed by atoms with Gasteiger partial charge in [-0.05, 0) is 42.0 Å². The number of nitrogens with one attached hydrogen (secondary N) is 1. The van der Waals surface area contributed by atoms with Gasteiger partial charge in [0.15, 0.2) is 0 Å². The van der Waals surface area contributed by atoms with Crippen molar-refractivity contribution in [3.05, 3.63) is 65.7 Å². The Morgan fingerprint density at radius 2 is 1.60 bits per heavy atom. The van der Waals surface area contributed by atoms with Crippen molar-refractivity contribution in [2.24, 2.45) is 11.8 Å². The molecule has 1 N–H and O–H groups in total. The second-order valence-corrected chi connectivity index (χ2v) is 7.34. The number of benzene rings is 2. The predicted molar refractivity (Wildman–Crippen MR) is 100 cm³/mol. The van der Waals surface area contributed by atoms with Crippen molar-refractivity contribution in [3.63, 3.8) is 0 Å². The molecule has 130 valence electrons. The number of carbonyl (C=O) groups is 1. The summed E-state index contributed by atoms with van der Waals surface area (Å²) in [5.74, 6) is 1.20. The zero-order chi connectivity index (χ0) is 17.2. The molecule has 4 nitrogen and oxygen atoms in total. The van der Waals surface area contributed by atoms with E-state index >= 15 is 0 Å². The Hall–Kier alpha value is -2.33. The average Bonchev–Trinajstić information content (AvgIpc) is 3.16. The summed E-state index contributed by atoms with van der Waals surface area (Å²) < 4.78 is 0. The van der Waals surface area contributed by atoms with Crippen LogP contribution >= 0.6 is 0 Å². The molecule has 2 aliphatic heterocycles. The molecule has 0 unspecified atom stereocenters. The number of amides is 2. The molecule has 0 radical (unpaired) electrons. The molecule has 2 aromatic carbocycles. The van der Waals surface area contributed by atoms with Gasteiger partial charge in [0.05, 0.1) is 0 Å². The summed E-state index contributed by atoms with van der Waals surface area (Å²) >= 11 is 0. The topological polar surface area (TPSA) is 35.6 Å². The minimum Gasteiger partial charge on any atom is -0.324 e. The summed E-state index contributed by atoms with van der Waals surface area (Å²) in [6, 6.07) is 18.4. The number of nitrogens with zero attached hydrogens (tertiary/aromatic N) is 2. The van der Waals surface area contributed by atoms with Crippen molar-refractivity contribution in [3.8, 4) is 0 Å². The van der Waals surface area contributed by atoms with Crippen molar-refractivity contribution in [2.45, 2.75) is 13.5 Å². The van der Waals surface area contributed by atoms with Gasteiger partial charge >= 0.3 is 6.03 Å². The first-order valence-corrected chi connectivity index (χ1v) is 9.07. The maximum absolute atomic E-state index is 12.5. The Balaban J connectivity index is 1.32. The summed E-state index contributed by atoms with van der Waals surface area (Å²) in [4.78, 5) is 17.0. The fourth-order valence-electron chi connectivity index (χ4n) is 4.14. The third kappa shape index (κ3) is 3.54. The number of fused-ring (bicyclic) bond motifs is 1. The minimum absolute atomic E-state index is 0.0334. The smallest absolute Gasteiger partial charge is 0.321 e. The van der Waals surface area contributed by atoms with Crippen LogP contribution in [0.25, 0.3) is 0 Å². The number of rotatable bonds is 3. The lowest BCUT2D eigenvalue weighted by atomic mass is 10.0. The van der Waals surface area contributed by atoms with Crippen LogP contribution < -0.4 is 5.32 Å². The van der Waals surface area contributed by atoms with Crippen LogP contribution in [0.5, 0.6) is 0 Å². The molecule has 2 heterocycles. The number of anilines is 1. The first kappa shape index (κ1) is 16.2. The number of hydrogen-bond donors (Lipinski definition) is 1. The van der Waals surface area contributed by atoms with Crippen LogP contribution in [0, 0.1) is 18.8 Å². The van der Waals surface area contributed by atoms with Crippen LogP contribution in [-0.4, -0.2) is 42.0 Å². The van der Waals surface area contributed by atoms with Crippen LogP contribution in [0.3, 0.4) is 0 Å². The molecular weight excluding hydrogens is 310 g/mol. The molecule has 0 aliphatic carbocycles. The van der Waals surface area contributed by atoms with Gasteiger partial charge in [-0.1, -0.05) is 42.5 Å². The third-order valence-corrected chi connectivity index (χ3v) is 5.53. The SMILES string of the molecule is Cc1ccccc1CN1C[C@H]2CN(C(=O)Nc3ccccc3)C[C@@H]2C1. The Labute approximate surface area is 149 Å². The molecule has 2 amide bonds. The van der Waals surface area contributed by atoms with Crippen molar-refractivity contribution in [1.29, 1.82) is 0 Å². The lowest BCUT2D eigenvalue weighted by Crippen LogP contribution is -2.36. The molecule has 2 aromatic rings. The first-order chi connectivity index (χ1) is 12.2. The molecule has 0 bridgehead atoms. The number of hydrogen-bond acceptors (Lipinski definition) is 2. The van der Waals surface area contributed by atoms with Crippen LogP contribution in [0.1, 0.15) is 11.1 Å². The average molecular weight is 335 g/mol. The zero-order valence-electron chi connectivity index (χ0n) is 14.7. The van der Waals surface area contributed by atoms with Gasteiger partial charge in [0.2, 0.25) is 0 Å². The van der Waals surface area contributed by atoms with Crippen molar-refractivity contribution < 1.29 is 4.79 Å². The fourth-order valence-corrected chi connectivity index (χ4v) is 4.14. The Kier molecular flexibility index (Phi) is 4.45. The van der Waals surface area contributed by atoms with Gasteiger partial charge in [-0.2, -0.15) is 0 Å². The largest absolute Gasteiger partial charge is 0.324 e. The summed E-state index contributed by atoms with van der Waals surface area (Å²) in [5.41, 5.74) is 3.65. The lowest BCUT2D eigenvalue weighted by molar-refractivity contribution is 0.212. The molecule has 4 heteroatoms. The predicted octanol–water partition coefficient (Wildman–Crippen LogP) is 3.59. The van der Waals surface area contributed by atoms with Gasteiger partial charge in [-0.15, -0.1) is 0 Å². The summed E-state index contributed by atoms with van der Waals surface area (Å²) in [5, 5.41) is 3.01.